The van der Waals surface area contributed by atoms with Crippen LogP contribution in [0.5, 0.6) is 11.5 Å². The van der Waals surface area contributed by atoms with E-state index < -0.39 is 7.67 Å². The molecule has 100 valence electrons. The van der Waals surface area contributed by atoms with Gasteiger partial charge in [0.15, 0.2) is 0 Å². The molecule has 2 aromatic carbocycles. The molecule has 0 heterocycles. The highest BCUT2D eigenvalue weighted by molar-refractivity contribution is 7.58. The van der Waals surface area contributed by atoms with Gasteiger partial charge < -0.3 is 14.3 Å². The Morgan fingerprint density at radius 2 is 1.58 bits per heavy atom. The fourth-order valence-corrected chi connectivity index (χ4v) is 2.05. The van der Waals surface area contributed by atoms with Gasteiger partial charge in [0.25, 0.3) is 0 Å². The van der Waals surface area contributed by atoms with Crippen molar-refractivity contribution in [1.82, 2.24) is 0 Å². The minimum absolute atomic E-state index is 0.605. The number of hydrogen-bond acceptors (Lipinski definition) is 3. The zero-order valence-electron chi connectivity index (χ0n) is 10.4. The minimum Gasteiger partial charge on any atom is -0.457 e. The monoisotopic (exact) mass is 278 g/mol. The third-order valence-corrected chi connectivity index (χ3v) is 3.50. The van der Waals surface area contributed by atoms with Crippen LogP contribution in [0.2, 0.25) is 0 Å². The summed E-state index contributed by atoms with van der Waals surface area (Å²) in [5, 5.41) is 2.61. The molecule has 0 fully saturated rings. The van der Waals surface area contributed by atoms with E-state index in [0.717, 1.165) is 5.75 Å². The summed E-state index contributed by atoms with van der Waals surface area (Å²) >= 11 is 0. The van der Waals surface area contributed by atoms with Crippen LogP contribution >= 0.6 is 7.67 Å². The second-order valence-corrected chi connectivity index (χ2v) is 5.61. The van der Waals surface area contributed by atoms with Crippen molar-refractivity contribution in [2.24, 2.45) is 5.50 Å². The highest BCUT2D eigenvalue weighted by Gasteiger charge is 2.13. The molecular formula is C13H15N2O3P. The molecule has 1 unspecified atom stereocenters. The Morgan fingerprint density at radius 1 is 1.00 bits per heavy atom. The number of nitrogens with one attached hydrogen (secondary N) is 1. The summed E-state index contributed by atoms with van der Waals surface area (Å²) in [6.45, 7) is 0. The topological polar surface area (TPSA) is 73.6 Å². The van der Waals surface area contributed by atoms with Gasteiger partial charge in [-0.15, -0.1) is 0 Å². The van der Waals surface area contributed by atoms with Crippen molar-refractivity contribution >= 4 is 13.4 Å². The maximum Gasteiger partial charge on any atom is 0.363 e. The third kappa shape index (κ3) is 4.10. The lowest BCUT2D eigenvalue weighted by molar-refractivity contribution is 0.399. The van der Waals surface area contributed by atoms with Crippen LogP contribution in [0.4, 0.5) is 5.69 Å². The molecule has 5 nitrogen and oxygen atoms in total. The van der Waals surface area contributed by atoms with Gasteiger partial charge in [-0.25, -0.2) is 10.1 Å². The molecule has 2 rings (SSSR count). The molecule has 1 atom stereocenters. The number of anilines is 1. The molecule has 0 aliphatic rings. The maximum absolute atomic E-state index is 11.5. The summed E-state index contributed by atoms with van der Waals surface area (Å²) in [7, 11) is -1.98. The van der Waals surface area contributed by atoms with Gasteiger partial charge in [-0.2, -0.15) is 0 Å². The Hall–Kier alpha value is -1.81. The highest BCUT2D eigenvalue weighted by atomic mass is 31.2. The van der Waals surface area contributed by atoms with Crippen molar-refractivity contribution in [3.63, 3.8) is 0 Å². The van der Waals surface area contributed by atoms with Crippen LogP contribution in [0.3, 0.4) is 0 Å². The van der Waals surface area contributed by atoms with Gasteiger partial charge >= 0.3 is 7.67 Å². The van der Waals surface area contributed by atoms with Crippen molar-refractivity contribution in [1.29, 1.82) is 0 Å². The van der Waals surface area contributed by atoms with Crippen LogP contribution in [0.15, 0.2) is 54.6 Å². The van der Waals surface area contributed by atoms with E-state index in [0.29, 0.717) is 11.4 Å². The van der Waals surface area contributed by atoms with Gasteiger partial charge in [0, 0.05) is 12.8 Å². The molecule has 6 heteroatoms. The van der Waals surface area contributed by atoms with E-state index in [4.69, 9.17) is 10.2 Å². The predicted octanol–water partition coefficient (Wildman–Crippen LogP) is 3.60. The molecule has 0 aliphatic heterocycles. The van der Waals surface area contributed by atoms with E-state index in [-0.39, 0.29) is 0 Å². The second kappa shape index (κ2) is 5.89. The van der Waals surface area contributed by atoms with E-state index in [2.05, 4.69) is 9.61 Å². The Morgan fingerprint density at radius 3 is 2.16 bits per heavy atom. The number of hydrogen-bond donors (Lipinski definition) is 2. The first-order valence-electron chi connectivity index (χ1n) is 5.65. The van der Waals surface area contributed by atoms with E-state index in [1.807, 2.05) is 30.3 Å². The minimum atomic E-state index is -3.27. The molecule has 0 amide bonds. The van der Waals surface area contributed by atoms with Gasteiger partial charge in [0.1, 0.15) is 11.5 Å². The van der Waals surface area contributed by atoms with E-state index in [1.54, 1.807) is 24.3 Å². The fourth-order valence-electron chi connectivity index (χ4n) is 1.45. The largest absolute Gasteiger partial charge is 0.457 e. The smallest absolute Gasteiger partial charge is 0.363 e. The first-order valence-corrected chi connectivity index (χ1v) is 7.34. The number of rotatable bonds is 5. The van der Waals surface area contributed by atoms with E-state index in [1.165, 1.54) is 7.11 Å². The summed E-state index contributed by atoms with van der Waals surface area (Å²) in [6.07, 6.45) is 0. The van der Waals surface area contributed by atoms with Gasteiger partial charge in [0.2, 0.25) is 0 Å². The fraction of sp³-hybridized carbons (Fsp3) is 0.0769. The number of nitrogens with two attached hydrogens (primary N) is 1. The lowest BCUT2D eigenvalue weighted by atomic mass is 10.3. The normalized spacial score (nSPS) is 13.6. The van der Waals surface area contributed by atoms with Crippen molar-refractivity contribution in [2.45, 2.75) is 0 Å². The van der Waals surface area contributed by atoms with Gasteiger partial charge in [0.05, 0.1) is 0 Å². The number of ether oxygens (including phenoxy) is 1. The Labute approximate surface area is 111 Å². The summed E-state index contributed by atoms with van der Waals surface area (Å²) in [5.74, 6) is 1.44. The Bertz CT molecular complexity index is 572. The average Bonchev–Trinajstić information content (AvgIpc) is 2.42. The van der Waals surface area contributed by atoms with E-state index in [9.17, 15) is 4.57 Å². The summed E-state index contributed by atoms with van der Waals surface area (Å²) < 4.78 is 21.8. The lowest BCUT2D eigenvalue weighted by Crippen LogP contribution is -2.06. The molecular weight excluding hydrogens is 263 g/mol. The Kier molecular flexibility index (Phi) is 4.22. The van der Waals surface area contributed by atoms with Crippen LogP contribution in [0, 0.1) is 0 Å². The zero-order chi connectivity index (χ0) is 13.7. The van der Waals surface area contributed by atoms with Crippen LogP contribution < -0.4 is 15.3 Å². The maximum atomic E-state index is 11.5. The molecule has 0 saturated carbocycles. The van der Waals surface area contributed by atoms with Gasteiger partial charge in [-0.05, 0) is 36.4 Å². The van der Waals surface area contributed by atoms with Crippen LogP contribution in [0.25, 0.3) is 0 Å². The van der Waals surface area contributed by atoms with Crippen LogP contribution in [-0.4, -0.2) is 7.11 Å². The average molecular weight is 278 g/mol. The van der Waals surface area contributed by atoms with Gasteiger partial charge in [-0.1, -0.05) is 18.2 Å². The first kappa shape index (κ1) is 13.6. The third-order valence-electron chi connectivity index (χ3n) is 2.39. The SMILES string of the molecule is COP(N)(=O)Nc1ccc(Oc2ccccc2)cc1. The molecule has 0 radical (unpaired) electrons. The molecule has 0 spiro atoms. The number of para-hydroxylation sites is 1. The van der Waals surface area contributed by atoms with Gasteiger partial charge in [-0.3, -0.25) is 0 Å². The van der Waals surface area contributed by atoms with Crippen LogP contribution in [0.1, 0.15) is 0 Å². The quantitative estimate of drug-likeness (QED) is 0.817. The number of benzene rings is 2. The zero-order valence-corrected chi connectivity index (χ0v) is 11.3. The van der Waals surface area contributed by atoms with Crippen molar-refractivity contribution < 1.29 is 13.8 Å². The molecule has 0 bridgehead atoms. The molecule has 2 aromatic rings. The van der Waals surface area contributed by atoms with Crippen molar-refractivity contribution in [3.05, 3.63) is 54.6 Å². The highest BCUT2D eigenvalue weighted by Crippen LogP contribution is 2.37. The lowest BCUT2D eigenvalue weighted by Gasteiger charge is -2.13. The summed E-state index contributed by atoms with van der Waals surface area (Å²) in [6, 6.07) is 16.4. The molecule has 0 saturated heterocycles. The van der Waals surface area contributed by atoms with E-state index >= 15 is 0 Å². The van der Waals surface area contributed by atoms with Crippen molar-refractivity contribution in [3.8, 4) is 11.5 Å². The predicted molar refractivity (Wildman–Crippen MR) is 75.4 cm³/mol. The molecule has 3 N–H and O–H groups in total. The second-order valence-electron chi connectivity index (χ2n) is 3.83. The van der Waals surface area contributed by atoms with Crippen LogP contribution in [-0.2, 0) is 9.09 Å². The first-order chi connectivity index (χ1) is 9.09. The Balaban J connectivity index is 2.05. The molecule has 0 aliphatic carbocycles. The summed E-state index contributed by atoms with van der Waals surface area (Å²) in [4.78, 5) is 0. The summed E-state index contributed by atoms with van der Waals surface area (Å²) in [5.41, 5.74) is 6.01. The molecule has 19 heavy (non-hydrogen) atoms. The molecule has 0 aromatic heterocycles. The van der Waals surface area contributed by atoms with Crippen molar-refractivity contribution in [2.75, 3.05) is 12.2 Å². The standard InChI is InChI=1S/C13H15N2O3P/c1-17-19(14,16)15-11-7-9-13(10-8-11)18-12-5-3-2-4-6-12/h2-10H,1H3,(H3,14,15,16).